The first kappa shape index (κ1) is 19.0. The van der Waals surface area contributed by atoms with Crippen molar-refractivity contribution in [2.45, 2.75) is 12.8 Å². The van der Waals surface area contributed by atoms with Gasteiger partial charge in [-0.1, -0.05) is 0 Å². The van der Waals surface area contributed by atoms with Crippen LogP contribution in [0.5, 0.6) is 6.01 Å². The summed E-state index contributed by atoms with van der Waals surface area (Å²) < 4.78 is 5.07. The number of fused-ring (bicyclic) bond motifs is 1. The van der Waals surface area contributed by atoms with E-state index in [1.54, 1.807) is 18.5 Å². The topological polar surface area (TPSA) is 109 Å². The number of carbonyl (C=O) groups is 1. The maximum Gasteiger partial charge on any atom is 0.316 e. The molecule has 156 valence electrons. The molecule has 1 fully saturated rings. The van der Waals surface area contributed by atoms with Gasteiger partial charge in [-0.3, -0.25) is 4.79 Å². The number of aromatic amines is 1. The molecule has 0 radical (unpaired) electrons. The standard InChI is InChI=1S/C22H21N7O2/c1-31-22-23-9-8-17(28-22)20-26-16-6-5-15(12-18(16)27-20)25-21(30)14-4-7-19(24-13-14)29-10-2-3-11-29/h4-9,12-13H,2-3,10-11H2,1H3,(H,25,30)(H,26,27). The van der Waals surface area contributed by atoms with Crippen molar-refractivity contribution >= 4 is 28.4 Å². The van der Waals surface area contributed by atoms with Gasteiger partial charge in [-0.25, -0.2) is 15.0 Å². The molecule has 0 atom stereocenters. The number of aromatic nitrogens is 5. The van der Waals surface area contributed by atoms with Gasteiger partial charge in [0, 0.05) is 31.2 Å². The lowest BCUT2D eigenvalue weighted by molar-refractivity contribution is 0.102. The monoisotopic (exact) mass is 415 g/mol. The number of hydrogen-bond donors (Lipinski definition) is 2. The molecule has 1 aromatic carbocycles. The second-order valence-electron chi connectivity index (χ2n) is 7.30. The minimum absolute atomic E-state index is 0.208. The van der Waals surface area contributed by atoms with Crippen LogP contribution in [-0.4, -0.2) is 51.0 Å². The van der Waals surface area contributed by atoms with Gasteiger partial charge in [-0.2, -0.15) is 4.98 Å². The zero-order valence-electron chi connectivity index (χ0n) is 17.0. The van der Waals surface area contributed by atoms with Gasteiger partial charge in [0.15, 0.2) is 5.82 Å². The number of methoxy groups -OCH3 is 1. The summed E-state index contributed by atoms with van der Waals surface area (Å²) in [5.74, 6) is 1.31. The molecular formula is C22H21N7O2. The van der Waals surface area contributed by atoms with Crippen LogP contribution in [0.1, 0.15) is 23.2 Å². The minimum atomic E-state index is -0.208. The van der Waals surface area contributed by atoms with Gasteiger partial charge in [-0.05, 0) is 49.2 Å². The Bertz CT molecular complexity index is 1230. The van der Waals surface area contributed by atoms with Crippen LogP contribution in [0.2, 0.25) is 0 Å². The van der Waals surface area contributed by atoms with Crippen molar-refractivity contribution in [1.29, 1.82) is 0 Å². The van der Waals surface area contributed by atoms with Crippen LogP contribution >= 0.6 is 0 Å². The van der Waals surface area contributed by atoms with Crippen molar-refractivity contribution in [2.24, 2.45) is 0 Å². The molecule has 9 heteroatoms. The largest absolute Gasteiger partial charge is 0.467 e. The Hall–Kier alpha value is -4.01. The lowest BCUT2D eigenvalue weighted by Crippen LogP contribution is -2.19. The van der Waals surface area contributed by atoms with E-state index in [0.717, 1.165) is 29.9 Å². The number of pyridine rings is 1. The molecule has 1 aliphatic rings. The first-order chi connectivity index (χ1) is 15.2. The lowest BCUT2D eigenvalue weighted by Gasteiger charge is -2.16. The fraction of sp³-hybridized carbons (Fsp3) is 0.227. The SMILES string of the molecule is COc1nccc(-c2nc3ccc(NC(=O)c4ccc(N5CCCC5)nc4)cc3[nH]2)n1. The number of H-pyrrole nitrogens is 1. The predicted octanol–water partition coefficient (Wildman–Crippen LogP) is 3.28. The molecule has 0 aliphatic carbocycles. The average Bonchev–Trinajstić information content (AvgIpc) is 3.49. The maximum atomic E-state index is 12.7. The molecule has 1 amide bonds. The molecule has 0 unspecified atom stereocenters. The fourth-order valence-electron chi connectivity index (χ4n) is 3.64. The predicted molar refractivity (Wildman–Crippen MR) is 117 cm³/mol. The van der Waals surface area contributed by atoms with Crippen molar-refractivity contribution in [3.05, 3.63) is 54.4 Å². The van der Waals surface area contributed by atoms with Crippen LogP contribution in [0.4, 0.5) is 11.5 Å². The molecule has 0 bridgehead atoms. The summed E-state index contributed by atoms with van der Waals surface area (Å²) in [6.45, 7) is 2.04. The van der Waals surface area contributed by atoms with Crippen LogP contribution in [0.25, 0.3) is 22.6 Å². The van der Waals surface area contributed by atoms with Gasteiger partial charge in [0.05, 0.1) is 23.7 Å². The Balaban J connectivity index is 1.33. The second kappa shape index (κ2) is 8.02. The zero-order chi connectivity index (χ0) is 21.2. The molecule has 4 aromatic rings. The molecule has 1 saturated heterocycles. The number of anilines is 2. The summed E-state index contributed by atoms with van der Waals surface area (Å²) in [6.07, 6.45) is 5.61. The van der Waals surface area contributed by atoms with E-state index < -0.39 is 0 Å². The number of nitrogens with zero attached hydrogens (tertiary/aromatic N) is 5. The van der Waals surface area contributed by atoms with Crippen LogP contribution in [0, 0.1) is 0 Å². The normalized spacial score (nSPS) is 13.5. The number of carbonyl (C=O) groups excluding carboxylic acids is 1. The van der Waals surface area contributed by atoms with E-state index in [-0.39, 0.29) is 11.9 Å². The molecule has 3 aromatic heterocycles. The lowest BCUT2D eigenvalue weighted by atomic mass is 10.2. The summed E-state index contributed by atoms with van der Waals surface area (Å²) in [7, 11) is 1.52. The number of hydrogen-bond acceptors (Lipinski definition) is 7. The smallest absolute Gasteiger partial charge is 0.316 e. The second-order valence-corrected chi connectivity index (χ2v) is 7.30. The number of imidazole rings is 1. The minimum Gasteiger partial charge on any atom is -0.467 e. The molecule has 4 heterocycles. The van der Waals surface area contributed by atoms with Gasteiger partial charge < -0.3 is 19.9 Å². The van der Waals surface area contributed by atoms with Gasteiger partial charge in [0.25, 0.3) is 5.91 Å². The van der Waals surface area contributed by atoms with E-state index >= 15 is 0 Å². The van der Waals surface area contributed by atoms with Crippen molar-refractivity contribution < 1.29 is 9.53 Å². The highest BCUT2D eigenvalue weighted by Gasteiger charge is 2.15. The molecule has 0 spiro atoms. The van der Waals surface area contributed by atoms with E-state index in [2.05, 4.69) is 35.1 Å². The Morgan fingerprint density at radius 2 is 1.97 bits per heavy atom. The highest BCUT2D eigenvalue weighted by molar-refractivity contribution is 6.04. The third-order valence-corrected chi connectivity index (χ3v) is 5.24. The van der Waals surface area contributed by atoms with Crippen LogP contribution < -0.4 is 15.0 Å². The van der Waals surface area contributed by atoms with E-state index in [1.165, 1.54) is 20.0 Å². The quantitative estimate of drug-likeness (QED) is 0.515. The fourth-order valence-corrected chi connectivity index (χ4v) is 3.64. The maximum absolute atomic E-state index is 12.7. The van der Waals surface area contributed by atoms with Crippen molar-refractivity contribution in [1.82, 2.24) is 24.9 Å². The van der Waals surface area contributed by atoms with Gasteiger partial charge in [0.2, 0.25) is 0 Å². The van der Waals surface area contributed by atoms with Crippen LogP contribution in [0.3, 0.4) is 0 Å². The third kappa shape index (κ3) is 3.89. The van der Waals surface area contributed by atoms with E-state index in [9.17, 15) is 4.79 Å². The number of benzene rings is 1. The first-order valence-electron chi connectivity index (χ1n) is 10.1. The average molecular weight is 415 g/mol. The van der Waals surface area contributed by atoms with E-state index in [0.29, 0.717) is 22.8 Å². The van der Waals surface area contributed by atoms with E-state index in [1.807, 2.05) is 30.3 Å². The Labute approximate surface area is 178 Å². The molecular weight excluding hydrogens is 394 g/mol. The zero-order valence-corrected chi connectivity index (χ0v) is 17.0. The Morgan fingerprint density at radius 3 is 2.74 bits per heavy atom. The number of rotatable bonds is 5. The van der Waals surface area contributed by atoms with Gasteiger partial charge in [-0.15, -0.1) is 0 Å². The van der Waals surface area contributed by atoms with Crippen molar-refractivity contribution in [3.8, 4) is 17.5 Å². The van der Waals surface area contributed by atoms with E-state index in [4.69, 9.17) is 4.74 Å². The van der Waals surface area contributed by atoms with Crippen molar-refractivity contribution in [2.75, 3.05) is 30.4 Å². The molecule has 2 N–H and O–H groups in total. The van der Waals surface area contributed by atoms with Crippen LogP contribution in [-0.2, 0) is 0 Å². The summed E-state index contributed by atoms with van der Waals surface area (Å²) in [5.41, 5.74) is 3.35. The highest BCUT2D eigenvalue weighted by atomic mass is 16.5. The molecule has 9 nitrogen and oxygen atoms in total. The molecule has 5 rings (SSSR count). The van der Waals surface area contributed by atoms with Gasteiger partial charge >= 0.3 is 6.01 Å². The summed E-state index contributed by atoms with van der Waals surface area (Å²) in [4.78, 5) is 35.4. The number of ether oxygens (including phenoxy) is 1. The highest BCUT2D eigenvalue weighted by Crippen LogP contribution is 2.23. The number of nitrogens with one attached hydrogen (secondary N) is 2. The Morgan fingerprint density at radius 1 is 1.10 bits per heavy atom. The summed E-state index contributed by atoms with van der Waals surface area (Å²) >= 11 is 0. The Kier molecular flexibility index (Phi) is 4.91. The van der Waals surface area contributed by atoms with Gasteiger partial charge in [0.1, 0.15) is 11.5 Å². The number of amides is 1. The van der Waals surface area contributed by atoms with Crippen molar-refractivity contribution in [3.63, 3.8) is 0 Å². The van der Waals surface area contributed by atoms with Crippen LogP contribution in [0.15, 0.2) is 48.8 Å². The first-order valence-corrected chi connectivity index (χ1v) is 10.1. The third-order valence-electron chi connectivity index (χ3n) is 5.24. The molecule has 31 heavy (non-hydrogen) atoms. The summed E-state index contributed by atoms with van der Waals surface area (Å²) in [6, 6.07) is 11.2. The summed E-state index contributed by atoms with van der Waals surface area (Å²) in [5, 5.41) is 2.92. The molecule has 1 aliphatic heterocycles. The molecule has 0 saturated carbocycles.